The number of aryl methyl sites for hydroxylation is 1. The molecule has 1 fully saturated rings. The number of hydrogen-bond acceptors (Lipinski definition) is 5. The van der Waals surface area contributed by atoms with Crippen molar-refractivity contribution in [3.63, 3.8) is 0 Å². The van der Waals surface area contributed by atoms with Gasteiger partial charge >= 0.3 is 0 Å². The molecule has 4 N–H and O–H groups in total. The summed E-state index contributed by atoms with van der Waals surface area (Å²) >= 11 is 6.03. The molecule has 2 aromatic rings. The Bertz CT molecular complexity index is 781. The Balaban J connectivity index is 1.57. The second-order valence-electron chi connectivity index (χ2n) is 6.44. The van der Waals surface area contributed by atoms with Crippen LogP contribution in [0.2, 0.25) is 5.02 Å². The number of carbonyl (C=O) groups is 1. The summed E-state index contributed by atoms with van der Waals surface area (Å²) in [6, 6.07) is 1.90. The van der Waals surface area contributed by atoms with Gasteiger partial charge in [-0.05, 0) is 31.2 Å². The molecule has 1 aliphatic carbocycles. The van der Waals surface area contributed by atoms with E-state index in [1.807, 2.05) is 10.7 Å². The second kappa shape index (κ2) is 5.78. The largest absolute Gasteiger partial charge is 0.386 e. The first-order valence-electron chi connectivity index (χ1n) is 8.08. The zero-order chi connectivity index (χ0) is 16.8. The van der Waals surface area contributed by atoms with Gasteiger partial charge in [-0.15, -0.1) is 0 Å². The molecule has 8 nitrogen and oxygen atoms in total. The van der Waals surface area contributed by atoms with Crippen molar-refractivity contribution in [2.24, 2.45) is 5.92 Å². The number of aliphatic hydroxyl groups is 1. The normalized spacial score (nSPS) is 19.0. The molecule has 1 saturated carbocycles. The van der Waals surface area contributed by atoms with Crippen LogP contribution in [0, 0.1) is 5.92 Å². The minimum absolute atomic E-state index is 0.120. The summed E-state index contributed by atoms with van der Waals surface area (Å²) in [7, 11) is 0. The van der Waals surface area contributed by atoms with Crippen LogP contribution in [0.25, 0.3) is 0 Å². The third kappa shape index (κ3) is 2.65. The Labute approximate surface area is 143 Å². The maximum atomic E-state index is 12.7. The molecule has 1 atom stereocenters. The molecular formula is C15H19ClN6O2. The monoisotopic (exact) mass is 350 g/mol. The number of aromatic nitrogens is 4. The molecule has 0 saturated heterocycles. The van der Waals surface area contributed by atoms with Crippen molar-refractivity contribution in [3.8, 4) is 0 Å². The number of carbonyl (C=O) groups excluding carboxylic acids is 1. The predicted octanol–water partition coefficient (Wildman–Crippen LogP) is 1.33. The molecule has 0 spiro atoms. The highest BCUT2D eigenvalue weighted by atomic mass is 35.5. The Morgan fingerprint density at radius 3 is 2.92 bits per heavy atom. The van der Waals surface area contributed by atoms with E-state index in [-0.39, 0.29) is 22.4 Å². The molecule has 9 heteroatoms. The van der Waals surface area contributed by atoms with Crippen LogP contribution in [0.1, 0.15) is 47.2 Å². The predicted molar refractivity (Wildman–Crippen MR) is 87.3 cm³/mol. The first-order chi connectivity index (χ1) is 11.5. The van der Waals surface area contributed by atoms with E-state index in [0.29, 0.717) is 24.7 Å². The van der Waals surface area contributed by atoms with Gasteiger partial charge in [-0.25, -0.2) is 0 Å². The van der Waals surface area contributed by atoms with Gasteiger partial charge in [-0.2, -0.15) is 10.2 Å². The summed E-state index contributed by atoms with van der Waals surface area (Å²) in [4.78, 5) is 14.4. The number of nitrogen functional groups attached to an aromatic ring is 1. The van der Waals surface area contributed by atoms with Crippen molar-refractivity contribution in [1.29, 1.82) is 0 Å². The zero-order valence-corrected chi connectivity index (χ0v) is 13.8. The first-order valence-corrected chi connectivity index (χ1v) is 8.45. The van der Waals surface area contributed by atoms with E-state index in [4.69, 9.17) is 17.3 Å². The van der Waals surface area contributed by atoms with Crippen LogP contribution < -0.4 is 5.73 Å². The summed E-state index contributed by atoms with van der Waals surface area (Å²) < 4.78 is 1.89. The fourth-order valence-electron chi connectivity index (χ4n) is 3.10. The maximum Gasteiger partial charge on any atom is 0.273 e. The number of hydrogen-bond donors (Lipinski definition) is 3. The Kier molecular flexibility index (Phi) is 3.73. The van der Waals surface area contributed by atoms with Crippen LogP contribution in [0.15, 0.2) is 6.07 Å². The van der Waals surface area contributed by atoms with Crippen LogP contribution in [-0.4, -0.2) is 42.4 Å². The topological polar surface area (TPSA) is 113 Å². The number of rotatable bonds is 3. The van der Waals surface area contributed by atoms with Crippen molar-refractivity contribution >= 4 is 23.3 Å². The first kappa shape index (κ1) is 15.5. The number of aliphatic hydroxyl groups excluding tert-OH is 1. The third-order valence-corrected chi connectivity index (χ3v) is 5.02. The standard InChI is InChI=1S/C15H19ClN6O2/c16-11-12(18-19-14(11)17)15(24)21-4-1-5-22-9(7-21)6-10(20-22)13(23)8-2-3-8/h6,8,13,23H,1-5,7H2,(H3,17,18,19)/t13-/m0/s1. The highest BCUT2D eigenvalue weighted by molar-refractivity contribution is 6.35. The number of anilines is 1. The molecule has 128 valence electrons. The summed E-state index contributed by atoms with van der Waals surface area (Å²) in [5, 5.41) is 21.3. The smallest absolute Gasteiger partial charge is 0.273 e. The average Bonchev–Trinajstić information content (AvgIpc) is 3.31. The molecule has 0 radical (unpaired) electrons. The fourth-order valence-corrected chi connectivity index (χ4v) is 3.26. The molecule has 3 heterocycles. The Morgan fingerprint density at radius 1 is 1.46 bits per heavy atom. The molecular weight excluding hydrogens is 332 g/mol. The van der Waals surface area contributed by atoms with Gasteiger partial charge in [0.2, 0.25) is 0 Å². The third-order valence-electron chi connectivity index (χ3n) is 4.64. The quantitative estimate of drug-likeness (QED) is 0.772. The second-order valence-corrected chi connectivity index (χ2v) is 6.82. The van der Waals surface area contributed by atoms with Crippen molar-refractivity contribution < 1.29 is 9.90 Å². The van der Waals surface area contributed by atoms with Crippen LogP contribution in [0.5, 0.6) is 0 Å². The van der Waals surface area contributed by atoms with Gasteiger partial charge in [-0.1, -0.05) is 11.6 Å². The number of amides is 1. The van der Waals surface area contributed by atoms with Crippen molar-refractivity contribution in [1.82, 2.24) is 24.9 Å². The van der Waals surface area contributed by atoms with Gasteiger partial charge in [0.25, 0.3) is 5.91 Å². The number of halogens is 1. The van der Waals surface area contributed by atoms with E-state index in [2.05, 4.69) is 15.3 Å². The Hall–Kier alpha value is -2.06. The van der Waals surface area contributed by atoms with E-state index >= 15 is 0 Å². The van der Waals surface area contributed by atoms with Gasteiger partial charge < -0.3 is 15.7 Å². The van der Waals surface area contributed by atoms with Crippen molar-refractivity contribution in [2.75, 3.05) is 12.3 Å². The highest BCUT2D eigenvalue weighted by Crippen LogP contribution is 2.40. The average molecular weight is 351 g/mol. The fraction of sp³-hybridized carbons (Fsp3) is 0.533. The van der Waals surface area contributed by atoms with E-state index < -0.39 is 6.10 Å². The van der Waals surface area contributed by atoms with Gasteiger partial charge in [-0.3, -0.25) is 14.6 Å². The summed E-state index contributed by atoms with van der Waals surface area (Å²) in [6.45, 7) is 1.73. The minimum atomic E-state index is -0.504. The highest BCUT2D eigenvalue weighted by Gasteiger charge is 2.33. The maximum absolute atomic E-state index is 12.7. The van der Waals surface area contributed by atoms with Crippen molar-refractivity contribution in [2.45, 2.75) is 38.5 Å². The van der Waals surface area contributed by atoms with Gasteiger partial charge in [0, 0.05) is 13.1 Å². The summed E-state index contributed by atoms with van der Waals surface area (Å²) in [5.74, 6) is 0.214. The number of nitrogens with zero attached hydrogens (tertiary/aromatic N) is 4. The zero-order valence-electron chi connectivity index (χ0n) is 13.1. The number of nitrogens with two attached hydrogens (primary N) is 1. The van der Waals surface area contributed by atoms with E-state index in [1.54, 1.807) is 4.90 Å². The van der Waals surface area contributed by atoms with Crippen LogP contribution in [-0.2, 0) is 13.1 Å². The lowest BCUT2D eigenvalue weighted by Crippen LogP contribution is -2.31. The lowest BCUT2D eigenvalue weighted by molar-refractivity contribution is 0.0740. The van der Waals surface area contributed by atoms with Crippen LogP contribution in [0.3, 0.4) is 0 Å². The molecule has 0 unspecified atom stereocenters. The SMILES string of the molecule is Nc1n[nH]c(C(=O)N2CCCn3nc([C@@H](O)C4CC4)cc3C2)c1Cl. The molecule has 1 aliphatic heterocycles. The number of fused-ring (bicyclic) bond motifs is 1. The molecule has 0 bridgehead atoms. The van der Waals surface area contributed by atoms with Crippen LogP contribution in [0.4, 0.5) is 5.82 Å². The lowest BCUT2D eigenvalue weighted by atomic mass is 10.1. The van der Waals surface area contributed by atoms with E-state index in [1.165, 1.54) is 0 Å². The summed E-state index contributed by atoms with van der Waals surface area (Å²) in [6.07, 6.45) is 2.37. The molecule has 2 aromatic heterocycles. The molecule has 1 amide bonds. The number of nitrogens with one attached hydrogen (secondary N) is 1. The molecule has 4 rings (SSSR count). The van der Waals surface area contributed by atoms with Gasteiger partial charge in [0.05, 0.1) is 17.9 Å². The summed E-state index contributed by atoms with van der Waals surface area (Å²) in [5.41, 5.74) is 7.42. The lowest BCUT2D eigenvalue weighted by Gasteiger charge is -2.19. The number of H-pyrrole nitrogens is 1. The molecule has 2 aliphatic rings. The Morgan fingerprint density at radius 2 is 2.25 bits per heavy atom. The van der Waals surface area contributed by atoms with Gasteiger partial charge in [0.1, 0.15) is 16.8 Å². The van der Waals surface area contributed by atoms with Crippen molar-refractivity contribution in [3.05, 3.63) is 28.2 Å². The van der Waals surface area contributed by atoms with Crippen LogP contribution >= 0.6 is 11.6 Å². The van der Waals surface area contributed by atoms with E-state index in [9.17, 15) is 9.90 Å². The number of aromatic amines is 1. The van der Waals surface area contributed by atoms with Gasteiger partial charge in [0.15, 0.2) is 5.82 Å². The molecule has 0 aromatic carbocycles. The molecule has 24 heavy (non-hydrogen) atoms. The minimum Gasteiger partial charge on any atom is -0.386 e. The van der Waals surface area contributed by atoms with E-state index in [0.717, 1.165) is 31.5 Å².